The third-order valence-corrected chi connectivity index (χ3v) is 8.39. The molecule has 4 rings (SSSR count). The van der Waals surface area contributed by atoms with Gasteiger partial charge in [-0.15, -0.1) is 0 Å². The maximum Gasteiger partial charge on any atom is 0.416 e. The molecule has 43 heavy (non-hydrogen) atoms. The second-order valence-electron chi connectivity index (χ2n) is 11.3. The van der Waals surface area contributed by atoms with Crippen LogP contribution in [0.4, 0.5) is 31.1 Å². The third-order valence-electron chi connectivity index (χ3n) is 8.39. The van der Waals surface area contributed by atoms with Crippen LogP contribution in [0.15, 0.2) is 42.5 Å². The Kier molecular flexibility index (Phi) is 9.31. The van der Waals surface area contributed by atoms with Gasteiger partial charge in [0.2, 0.25) is 11.8 Å². The van der Waals surface area contributed by atoms with Crippen LogP contribution in [0.1, 0.15) is 53.0 Å². The molecule has 0 unspecified atom stereocenters. The number of hydrogen-bond donors (Lipinski definition) is 1. The van der Waals surface area contributed by atoms with Gasteiger partial charge in [-0.3, -0.25) is 9.59 Å². The summed E-state index contributed by atoms with van der Waals surface area (Å²) in [7, 11) is 1.35. The molecule has 3 amide bonds. The summed E-state index contributed by atoms with van der Waals surface area (Å²) in [5, 5.41) is 9.21. The van der Waals surface area contributed by atoms with Crippen LogP contribution in [0.5, 0.6) is 0 Å². The van der Waals surface area contributed by atoms with Crippen molar-refractivity contribution in [3.63, 3.8) is 0 Å². The van der Waals surface area contributed by atoms with Gasteiger partial charge in [-0.1, -0.05) is 24.3 Å². The normalized spacial score (nSPS) is 20.2. The van der Waals surface area contributed by atoms with Crippen molar-refractivity contribution in [2.24, 2.45) is 11.8 Å². The molecule has 0 radical (unpaired) electrons. The zero-order valence-electron chi connectivity index (χ0n) is 23.7. The highest BCUT2D eigenvalue weighted by atomic mass is 19.4. The van der Waals surface area contributed by atoms with Crippen LogP contribution < -0.4 is 0 Å². The fraction of sp³-hybridized carbons (Fsp3) is 0.500. The standard InChI is InChI=1S/C30H33F6N3O4/c1-18-5-3-4-6-23(18)25-17-39(26(40)20-7-10-38(11-8-20)28(42)43)12-9-24(25)27(41)37(2)16-19-13-21(29(31,32)33)15-22(14-19)30(34,35)36/h3-6,13-15,20,24-25H,7-12,16-17H2,1-2H3,(H,42,43)/t24-,25+/m1/s1. The van der Waals surface area contributed by atoms with E-state index in [2.05, 4.69) is 0 Å². The zero-order chi connectivity index (χ0) is 31.7. The van der Waals surface area contributed by atoms with E-state index in [4.69, 9.17) is 0 Å². The monoisotopic (exact) mass is 613 g/mol. The van der Waals surface area contributed by atoms with Crippen molar-refractivity contribution < 1.29 is 45.8 Å². The van der Waals surface area contributed by atoms with E-state index in [1.807, 2.05) is 25.1 Å². The van der Waals surface area contributed by atoms with Gasteiger partial charge in [-0.2, -0.15) is 26.3 Å². The lowest BCUT2D eigenvalue weighted by molar-refractivity contribution is -0.144. The lowest BCUT2D eigenvalue weighted by atomic mass is 9.77. The molecule has 7 nitrogen and oxygen atoms in total. The van der Waals surface area contributed by atoms with Crippen LogP contribution in [-0.2, 0) is 28.5 Å². The second kappa shape index (κ2) is 12.5. The van der Waals surface area contributed by atoms with Gasteiger partial charge in [-0.05, 0) is 61.1 Å². The molecule has 2 aliphatic heterocycles. The minimum atomic E-state index is -5.00. The van der Waals surface area contributed by atoms with E-state index in [1.54, 1.807) is 11.0 Å². The molecule has 13 heteroatoms. The maximum atomic E-state index is 13.8. The van der Waals surface area contributed by atoms with Crippen LogP contribution in [0.3, 0.4) is 0 Å². The molecule has 2 atom stereocenters. The Bertz CT molecular complexity index is 1320. The molecule has 2 saturated heterocycles. The Balaban J connectivity index is 1.56. The van der Waals surface area contributed by atoms with Crippen LogP contribution >= 0.6 is 0 Å². The first-order valence-electron chi connectivity index (χ1n) is 13.9. The first kappa shape index (κ1) is 32.2. The summed E-state index contributed by atoms with van der Waals surface area (Å²) in [5.74, 6) is -2.04. The van der Waals surface area contributed by atoms with E-state index in [0.717, 1.165) is 16.0 Å². The Morgan fingerprint density at radius 2 is 1.44 bits per heavy atom. The molecular weight excluding hydrogens is 580 g/mol. The number of likely N-dealkylation sites (tertiary alicyclic amines) is 2. The van der Waals surface area contributed by atoms with Gasteiger partial charge in [0.1, 0.15) is 0 Å². The van der Waals surface area contributed by atoms with Crippen molar-refractivity contribution in [1.29, 1.82) is 0 Å². The molecule has 0 saturated carbocycles. The molecule has 0 spiro atoms. The molecule has 0 aromatic heterocycles. The van der Waals surface area contributed by atoms with Crippen molar-refractivity contribution in [2.45, 2.75) is 51.0 Å². The lowest BCUT2D eigenvalue weighted by Gasteiger charge is -2.42. The summed E-state index contributed by atoms with van der Waals surface area (Å²) in [4.78, 5) is 42.6. The minimum absolute atomic E-state index is 0.0533. The number of nitrogens with zero attached hydrogens (tertiary/aromatic N) is 3. The molecule has 2 fully saturated rings. The average molecular weight is 614 g/mol. The van der Waals surface area contributed by atoms with Gasteiger partial charge in [0.05, 0.1) is 11.1 Å². The van der Waals surface area contributed by atoms with Crippen molar-refractivity contribution in [3.05, 3.63) is 70.3 Å². The van der Waals surface area contributed by atoms with Gasteiger partial charge >= 0.3 is 18.4 Å². The van der Waals surface area contributed by atoms with Crippen molar-refractivity contribution >= 4 is 17.9 Å². The maximum absolute atomic E-state index is 13.8. The fourth-order valence-electron chi connectivity index (χ4n) is 6.09. The summed E-state index contributed by atoms with van der Waals surface area (Å²) < 4.78 is 80.3. The number of benzene rings is 2. The van der Waals surface area contributed by atoms with Gasteiger partial charge < -0.3 is 19.8 Å². The van der Waals surface area contributed by atoms with Crippen molar-refractivity contribution in [3.8, 4) is 0 Å². The topological polar surface area (TPSA) is 81.2 Å². The summed E-state index contributed by atoms with van der Waals surface area (Å²) in [6, 6.07) is 8.64. The second-order valence-corrected chi connectivity index (χ2v) is 11.3. The molecule has 234 valence electrons. The van der Waals surface area contributed by atoms with Crippen LogP contribution in [0.2, 0.25) is 0 Å². The molecular formula is C30H33F6N3O4. The predicted molar refractivity (Wildman–Crippen MR) is 144 cm³/mol. The SMILES string of the molecule is Cc1ccccc1[C@@H]1CN(C(=O)C2CCN(C(=O)O)CC2)CC[C@H]1C(=O)N(C)Cc1cc(C(F)(F)F)cc(C(F)(F)F)c1. The Hall–Kier alpha value is -3.77. The molecule has 2 aromatic rings. The smallest absolute Gasteiger partial charge is 0.416 e. The van der Waals surface area contributed by atoms with E-state index >= 15 is 0 Å². The number of amides is 3. The molecule has 2 aromatic carbocycles. The van der Waals surface area contributed by atoms with E-state index in [-0.39, 0.29) is 56.1 Å². The number of piperidine rings is 2. The quantitative estimate of drug-likeness (QED) is 0.419. The average Bonchev–Trinajstić information content (AvgIpc) is 2.95. The van der Waals surface area contributed by atoms with Gasteiger partial charge in [0.25, 0.3) is 0 Å². The Morgan fingerprint density at radius 3 is 1.98 bits per heavy atom. The predicted octanol–water partition coefficient (Wildman–Crippen LogP) is 6.01. The van der Waals surface area contributed by atoms with E-state index in [1.165, 1.54) is 11.9 Å². The molecule has 2 aliphatic rings. The largest absolute Gasteiger partial charge is 0.465 e. The highest BCUT2D eigenvalue weighted by Gasteiger charge is 2.41. The van der Waals surface area contributed by atoms with Crippen LogP contribution in [0.25, 0.3) is 0 Å². The Labute approximate surface area is 245 Å². The highest BCUT2D eigenvalue weighted by molar-refractivity contribution is 5.82. The van der Waals surface area contributed by atoms with Crippen molar-refractivity contribution in [1.82, 2.24) is 14.7 Å². The number of carbonyl (C=O) groups is 3. The number of rotatable bonds is 5. The summed E-state index contributed by atoms with van der Waals surface area (Å²) in [5.41, 5.74) is -1.49. The van der Waals surface area contributed by atoms with Crippen LogP contribution in [0, 0.1) is 18.8 Å². The Morgan fingerprint density at radius 1 is 0.884 bits per heavy atom. The number of carboxylic acid groups (broad SMARTS) is 1. The van der Waals surface area contributed by atoms with Gasteiger partial charge in [0, 0.05) is 57.5 Å². The first-order chi connectivity index (χ1) is 20.1. The molecule has 1 N–H and O–H groups in total. The molecule has 0 aliphatic carbocycles. The zero-order valence-corrected chi connectivity index (χ0v) is 23.7. The number of aryl methyl sites for hydroxylation is 1. The lowest BCUT2D eigenvalue weighted by Crippen LogP contribution is -2.50. The first-order valence-corrected chi connectivity index (χ1v) is 13.9. The van der Waals surface area contributed by atoms with Crippen molar-refractivity contribution in [2.75, 3.05) is 33.2 Å². The summed E-state index contributed by atoms with van der Waals surface area (Å²) in [6.07, 6.45) is -10.0. The minimum Gasteiger partial charge on any atom is -0.465 e. The molecule has 2 heterocycles. The number of alkyl halides is 6. The molecule has 0 bridgehead atoms. The van der Waals surface area contributed by atoms with Gasteiger partial charge in [0.15, 0.2) is 0 Å². The van der Waals surface area contributed by atoms with E-state index in [0.29, 0.717) is 25.0 Å². The summed E-state index contributed by atoms with van der Waals surface area (Å²) in [6.45, 7) is 2.34. The van der Waals surface area contributed by atoms with Crippen LogP contribution in [-0.4, -0.2) is 70.9 Å². The number of carbonyl (C=O) groups excluding carboxylic acids is 2. The fourth-order valence-corrected chi connectivity index (χ4v) is 6.09. The number of hydrogen-bond acceptors (Lipinski definition) is 3. The van der Waals surface area contributed by atoms with E-state index in [9.17, 15) is 45.8 Å². The highest BCUT2D eigenvalue weighted by Crippen LogP contribution is 2.39. The third kappa shape index (κ3) is 7.42. The number of halogens is 6. The van der Waals surface area contributed by atoms with E-state index < -0.39 is 53.9 Å². The van der Waals surface area contributed by atoms with Gasteiger partial charge in [-0.25, -0.2) is 4.79 Å². The summed E-state index contributed by atoms with van der Waals surface area (Å²) >= 11 is 0.